The molecular weight excluding hydrogens is 260 g/mol. The number of hydrogen-bond donors (Lipinski definition) is 2. The van der Waals surface area contributed by atoms with Gasteiger partial charge in [-0.05, 0) is 76.2 Å². The van der Waals surface area contributed by atoms with Gasteiger partial charge in [-0.2, -0.15) is 0 Å². The van der Waals surface area contributed by atoms with Crippen LogP contribution < -0.4 is 5.32 Å². The number of nitrogens with one attached hydrogen (secondary N) is 1. The van der Waals surface area contributed by atoms with Gasteiger partial charge in [0, 0.05) is 18.1 Å². The van der Waals surface area contributed by atoms with Crippen LogP contribution >= 0.6 is 0 Å². The van der Waals surface area contributed by atoms with Gasteiger partial charge in [-0.25, -0.2) is 0 Å². The molecule has 3 unspecified atom stereocenters. The van der Waals surface area contributed by atoms with Gasteiger partial charge in [-0.3, -0.25) is 0 Å². The quantitative estimate of drug-likeness (QED) is 0.874. The third-order valence-electron chi connectivity index (χ3n) is 5.14. The molecule has 3 rings (SSSR count). The Hall–Kier alpha value is -1.06. The third-order valence-corrected chi connectivity index (χ3v) is 5.14. The van der Waals surface area contributed by atoms with Gasteiger partial charge in [0.15, 0.2) is 0 Å². The van der Waals surface area contributed by atoms with E-state index in [2.05, 4.69) is 17.1 Å². The van der Waals surface area contributed by atoms with Crippen molar-refractivity contribution in [3.05, 3.63) is 29.8 Å². The van der Waals surface area contributed by atoms with Crippen molar-refractivity contribution in [2.75, 3.05) is 13.1 Å². The van der Waals surface area contributed by atoms with Crippen molar-refractivity contribution in [1.29, 1.82) is 0 Å². The monoisotopic (exact) mass is 288 g/mol. The number of piperidine rings is 1. The lowest BCUT2D eigenvalue weighted by Crippen LogP contribution is -2.48. The van der Waals surface area contributed by atoms with E-state index in [4.69, 9.17) is 0 Å². The van der Waals surface area contributed by atoms with Crippen molar-refractivity contribution >= 4 is 0 Å². The first-order valence-corrected chi connectivity index (χ1v) is 8.49. The van der Waals surface area contributed by atoms with Gasteiger partial charge >= 0.3 is 0 Å². The predicted molar refractivity (Wildman–Crippen MR) is 86.6 cm³/mol. The van der Waals surface area contributed by atoms with Gasteiger partial charge in [0.25, 0.3) is 0 Å². The lowest BCUT2D eigenvalue weighted by atomic mass is 9.96. The minimum absolute atomic E-state index is 0.355. The van der Waals surface area contributed by atoms with Crippen LogP contribution in [-0.4, -0.2) is 41.2 Å². The van der Waals surface area contributed by atoms with Gasteiger partial charge < -0.3 is 15.3 Å². The molecule has 0 radical (unpaired) electrons. The van der Waals surface area contributed by atoms with E-state index < -0.39 is 0 Å². The highest BCUT2D eigenvalue weighted by Gasteiger charge is 2.31. The van der Waals surface area contributed by atoms with Gasteiger partial charge in [-0.15, -0.1) is 0 Å². The number of benzene rings is 1. The Bertz CT molecular complexity index is 445. The number of hydrogen-bond acceptors (Lipinski definition) is 3. The lowest BCUT2D eigenvalue weighted by Gasteiger charge is -2.36. The minimum Gasteiger partial charge on any atom is -0.508 e. The fraction of sp³-hybridized carbons (Fsp3) is 0.667. The first-order valence-electron chi connectivity index (χ1n) is 8.49. The van der Waals surface area contributed by atoms with E-state index in [1.54, 1.807) is 12.1 Å². The maximum Gasteiger partial charge on any atom is 0.115 e. The Labute approximate surface area is 128 Å². The Kier molecular flexibility index (Phi) is 4.81. The number of aromatic hydroxyl groups is 1. The summed E-state index contributed by atoms with van der Waals surface area (Å²) in [6.45, 7) is 4.92. The standard InChI is InChI=1S/C18H28N2O/c1-14(4-5-15-6-8-18(21)9-7-15)19-16-10-12-20-11-2-3-17(20)13-16/h6-9,14,16-17,19,21H,2-5,10-13H2,1H3. The van der Waals surface area contributed by atoms with Crippen molar-refractivity contribution in [3.63, 3.8) is 0 Å². The molecule has 0 aromatic heterocycles. The van der Waals surface area contributed by atoms with E-state index >= 15 is 0 Å². The number of nitrogens with zero attached hydrogens (tertiary/aromatic N) is 1. The van der Waals surface area contributed by atoms with E-state index in [1.807, 2.05) is 12.1 Å². The van der Waals surface area contributed by atoms with Crippen LogP contribution in [0.2, 0.25) is 0 Å². The summed E-state index contributed by atoms with van der Waals surface area (Å²) in [5.41, 5.74) is 1.31. The van der Waals surface area contributed by atoms with E-state index in [0.29, 0.717) is 17.8 Å². The number of aryl methyl sites for hydroxylation is 1. The molecule has 3 nitrogen and oxygen atoms in total. The lowest BCUT2D eigenvalue weighted by molar-refractivity contribution is 0.161. The van der Waals surface area contributed by atoms with Crippen molar-refractivity contribution in [3.8, 4) is 5.75 Å². The zero-order valence-corrected chi connectivity index (χ0v) is 13.1. The summed E-state index contributed by atoms with van der Waals surface area (Å²) in [4.78, 5) is 2.68. The molecule has 3 heteroatoms. The molecule has 2 aliphatic heterocycles. The molecule has 2 N–H and O–H groups in total. The van der Waals surface area contributed by atoms with Crippen LogP contribution in [0.4, 0.5) is 0 Å². The Balaban J connectivity index is 1.41. The molecule has 1 aromatic rings. The van der Waals surface area contributed by atoms with Crippen molar-refractivity contribution in [2.24, 2.45) is 0 Å². The first-order chi connectivity index (χ1) is 10.2. The molecule has 21 heavy (non-hydrogen) atoms. The first kappa shape index (κ1) is 14.9. The average molecular weight is 288 g/mol. The molecule has 1 aromatic carbocycles. The SMILES string of the molecule is CC(CCc1ccc(O)cc1)NC1CCN2CCCC2C1. The van der Waals surface area contributed by atoms with Crippen molar-refractivity contribution in [2.45, 2.75) is 63.6 Å². The van der Waals surface area contributed by atoms with Crippen LogP contribution in [0.25, 0.3) is 0 Å². The molecule has 0 amide bonds. The van der Waals surface area contributed by atoms with Crippen LogP contribution in [-0.2, 0) is 6.42 Å². The summed E-state index contributed by atoms with van der Waals surface area (Å²) in [6, 6.07) is 9.74. The Morgan fingerprint density at radius 1 is 1.24 bits per heavy atom. The van der Waals surface area contributed by atoms with E-state index in [1.165, 1.54) is 44.3 Å². The second-order valence-corrected chi connectivity index (χ2v) is 6.83. The molecule has 0 bridgehead atoms. The van der Waals surface area contributed by atoms with E-state index in [0.717, 1.165) is 18.9 Å². The van der Waals surface area contributed by atoms with Gasteiger partial charge in [0.05, 0.1) is 0 Å². The summed E-state index contributed by atoms with van der Waals surface area (Å²) in [5.74, 6) is 0.355. The number of fused-ring (bicyclic) bond motifs is 1. The molecule has 0 aliphatic carbocycles. The van der Waals surface area contributed by atoms with Gasteiger partial charge in [0.2, 0.25) is 0 Å². The van der Waals surface area contributed by atoms with Crippen LogP contribution in [0.1, 0.15) is 44.6 Å². The summed E-state index contributed by atoms with van der Waals surface area (Å²) < 4.78 is 0. The highest BCUT2D eigenvalue weighted by Crippen LogP contribution is 2.27. The Morgan fingerprint density at radius 2 is 2.05 bits per heavy atom. The van der Waals surface area contributed by atoms with E-state index in [-0.39, 0.29) is 0 Å². The molecule has 0 saturated carbocycles. The highest BCUT2D eigenvalue weighted by atomic mass is 16.3. The molecule has 0 spiro atoms. The maximum atomic E-state index is 9.31. The second kappa shape index (κ2) is 6.80. The molecule has 2 saturated heterocycles. The van der Waals surface area contributed by atoms with Crippen molar-refractivity contribution in [1.82, 2.24) is 10.2 Å². The van der Waals surface area contributed by atoms with Gasteiger partial charge in [0.1, 0.15) is 5.75 Å². The highest BCUT2D eigenvalue weighted by molar-refractivity contribution is 5.25. The molecular formula is C18H28N2O. The normalized spacial score (nSPS) is 27.5. The predicted octanol–water partition coefficient (Wildman–Crippen LogP) is 2.93. The topological polar surface area (TPSA) is 35.5 Å². The molecule has 2 heterocycles. The summed E-state index contributed by atoms with van der Waals surface area (Å²) >= 11 is 0. The molecule has 116 valence electrons. The van der Waals surface area contributed by atoms with Crippen LogP contribution in [0, 0.1) is 0 Å². The minimum atomic E-state index is 0.355. The fourth-order valence-corrected chi connectivity index (χ4v) is 3.91. The largest absolute Gasteiger partial charge is 0.508 e. The smallest absolute Gasteiger partial charge is 0.115 e. The van der Waals surface area contributed by atoms with E-state index in [9.17, 15) is 5.11 Å². The summed E-state index contributed by atoms with van der Waals surface area (Å²) in [5, 5.41) is 13.1. The number of phenols is 1. The van der Waals surface area contributed by atoms with Crippen LogP contribution in [0.5, 0.6) is 5.75 Å². The molecule has 3 atom stereocenters. The second-order valence-electron chi connectivity index (χ2n) is 6.83. The maximum absolute atomic E-state index is 9.31. The summed E-state index contributed by atoms with van der Waals surface area (Å²) in [7, 11) is 0. The average Bonchev–Trinajstić information content (AvgIpc) is 2.94. The Morgan fingerprint density at radius 3 is 2.86 bits per heavy atom. The fourth-order valence-electron chi connectivity index (χ4n) is 3.91. The van der Waals surface area contributed by atoms with Gasteiger partial charge in [-0.1, -0.05) is 12.1 Å². The van der Waals surface area contributed by atoms with Crippen molar-refractivity contribution < 1.29 is 5.11 Å². The van der Waals surface area contributed by atoms with Crippen LogP contribution in [0.3, 0.4) is 0 Å². The molecule has 2 aliphatic rings. The third kappa shape index (κ3) is 3.98. The number of rotatable bonds is 5. The summed E-state index contributed by atoms with van der Waals surface area (Å²) in [6.07, 6.45) is 7.68. The van der Waals surface area contributed by atoms with Crippen LogP contribution in [0.15, 0.2) is 24.3 Å². The zero-order valence-electron chi connectivity index (χ0n) is 13.1. The molecule has 2 fully saturated rings. The number of phenolic OH excluding ortho intramolecular Hbond substituents is 1. The zero-order chi connectivity index (χ0) is 14.7.